The molecule has 0 heterocycles. The Hall–Kier alpha value is 0.189. The van der Waals surface area contributed by atoms with Crippen LogP contribution >= 0.6 is 0 Å². The maximum absolute atomic E-state index is 12.4. The Kier molecular flexibility index (Phi) is 13.0. The molecule has 0 aliphatic carbocycles. The molecule has 2 heteroatoms. The van der Waals surface area contributed by atoms with Gasteiger partial charge in [-0.2, -0.15) is 0 Å². The fourth-order valence-electron chi connectivity index (χ4n) is 2.83. The van der Waals surface area contributed by atoms with E-state index in [1.54, 1.807) is 0 Å². The largest absolute Gasteiger partial charge is 0.299 e. The molecule has 0 aromatic heterocycles. The number of unbranched alkanes of at least 4 members (excludes halogenated alkanes) is 1. The quantitative estimate of drug-likeness (QED) is 0.510. The van der Waals surface area contributed by atoms with Gasteiger partial charge in [0.1, 0.15) is 5.78 Å². The zero-order valence-electron chi connectivity index (χ0n) is 12.1. The molecule has 0 N–H and O–H groups in total. The monoisotopic (exact) mass is 289 g/mol. The second-order valence-electron chi connectivity index (χ2n) is 5.06. The summed E-state index contributed by atoms with van der Waals surface area (Å²) in [6.07, 6.45) is 9.69. The zero-order chi connectivity index (χ0) is 12.4. The molecule has 0 atom stereocenters. The molecule has 0 aliphatic rings. The second kappa shape index (κ2) is 11.3. The summed E-state index contributed by atoms with van der Waals surface area (Å²) in [6.45, 7) is 8.77. The summed E-state index contributed by atoms with van der Waals surface area (Å²) in [5.74, 6) is 0.542. The van der Waals surface area contributed by atoms with Crippen molar-refractivity contribution in [3.63, 3.8) is 0 Å². The predicted molar refractivity (Wildman–Crippen MR) is 71.7 cm³/mol. The summed E-state index contributed by atoms with van der Waals surface area (Å²) in [5, 5.41) is 0. The average molecular weight is 290 g/mol. The van der Waals surface area contributed by atoms with E-state index in [9.17, 15) is 4.79 Å². The summed E-state index contributed by atoms with van der Waals surface area (Å²) in [4.78, 5) is 12.4. The topological polar surface area (TPSA) is 17.1 Å². The van der Waals surface area contributed by atoms with Crippen LogP contribution in [-0.2, 0) is 21.9 Å². The number of Topliss-reactive ketones (excluding diaryl/α,β-unsaturated/α-hetero) is 1. The van der Waals surface area contributed by atoms with Gasteiger partial charge in [0.05, 0.1) is 0 Å². The molecule has 0 amide bonds. The molecule has 0 aromatic rings. The fourth-order valence-corrected chi connectivity index (χ4v) is 2.83. The molecule has 107 valence electrons. The summed E-state index contributed by atoms with van der Waals surface area (Å²) < 4.78 is 0. The van der Waals surface area contributed by atoms with Crippen LogP contribution in [0.15, 0.2) is 0 Å². The first-order valence-corrected chi connectivity index (χ1v) is 7.20. The van der Waals surface area contributed by atoms with E-state index in [2.05, 4.69) is 27.7 Å². The van der Waals surface area contributed by atoms with Crippen molar-refractivity contribution in [2.24, 2.45) is 5.41 Å². The Balaban J connectivity index is 0. The first-order chi connectivity index (χ1) is 7.66. The van der Waals surface area contributed by atoms with Crippen LogP contribution in [0, 0.1) is 5.41 Å². The van der Waals surface area contributed by atoms with E-state index < -0.39 is 0 Å². The van der Waals surface area contributed by atoms with Crippen LogP contribution in [0.25, 0.3) is 0 Å². The smallest absolute Gasteiger partial charge is 0.139 e. The minimum Gasteiger partial charge on any atom is -0.299 e. The van der Waals surface area contributed by atoms with Crippen molar-refractivity contribution in [1.82, 2.24) is 0 Å². The van der Waals surface area contributed by atoms with Crippen LogP contribution < -0.4 is 0 Å². The second-order valence-corrected chi connectivity index (χ2v) is 5.06. The molecule has 0 unspecified atom stereocenters. The normalized spacial score (nSPS) is 11.1. The van der Waals surface area contributed by atoms with Gasteiger partial charge in [0.25, 0.3) is 0 Å². The Morgan fingerprint density at radius 3 is 1.53 bits per heavy atom. The van der Waals surface area contributed by atoms with Crippen molar-refractivity contribution in [2.75, 3.05) is 0 Å². The SMILES string of the molecule is CCCCC(=O)C(CCC)(CCC)CCC.[Cu]. The van der Waals surface area contributed by atoms with Crippen LogP contribution in [0.5, 0.6) is 0 Å². The van der Waals surface area contributed by atoms with Crippen LogP contribution in [0.4, 0.5) is 0 Å². The molecule has 0 spiro atoms. The Bertz CT molecular complexity index is 172. The Morgan fingerprint density at radius 1 is 0.824 bits per heavy atom. The standard InChI is InChI=1S/C15H30O.Cu/c1-5-9-10-14(16)15(11-6-2,12-7-3)13-8-4;/h5-13H2,1-4H3;. The first kappa shape index (κ1) is 19.5. The van der Waals surface area contributed by atoms with Crippen molar-refractivity contribution in [2.45, 2.75) is 85.5 Å². The van der Waals surface area contributed by atoms with Gasteiger partial charge >= 0.3 is 0 Å². The molecule has 0 aliphatic heterocycles. The first-order valence-electron chi connectivity index (χ1n) is 7.20. The van der Waals surface area contributed by atoms with E-state index in [1.165, 1.54) is 0 Å². The summed E-state index contributed by atoms with van der Waals surface area (Å²) in [5.41, 5.74) is 0.0213. The van der Waals surface area contributed by atoms with E-state index in [-0.39, 0.29) is 22.5 Å². The van der Waals surface area contributed by atoms with E-state index in [0.717, 1.165) is 57.8 Å². The molecule has 17 heavy (non-hydrogen) atoms. The molecule has 0 rings (SSSR count). The number of rotatable bonds is 10. The van der Waals surface area contributed by atoms with Gasteiger partial charge in [-0.25, -0.2) is 0 Å². The third kappa shape index (κ3) is 6.62. The zero-order valence-corrected chi connectivity index (χ0v) is 13.0. The predicted octanol–water partition coefficient (Wildman–Crippen LogP) is 5.13. The molecule has 1 radical (unpaired) electrons. The van der Waals surface area contributed by atoms with Crippen LogP contribution in [0.3, 0.4) is 0 Å². The molecule has 0 saturated carbocycles. The third-order valence-electron chi connectivity index (χ3n) is 3.53. The van der Waals surface area contributed by atoms with Crippen molar-refractivity contribution < 1.29 is 21.9 Å². The van der Waals surface area contributed by atoms with Crippen LogP contribution in [0.1, 0.15) is 85.5 Å². The minimum atomic E-state index is 0. The van der Waals surface area contributed by atoms with Crippen molar-refractivity contribution in [3.8, 4) is 0 Å². The summed E-state index contributed by atoms with van der Waals surface area (Å²) >= 11 is 0. The van der Waals surface area contributed by atoms with Gasteiger partial charge < -0.3 is 0 Å². The maximum atomic E-state index is 12.4. The molecular formula is C15H30CuO. The number of carbonyl (C=O) groups is 1. The molecular weight excluding hydrogens is 260 g/mol. The van der Waals surface area contributed by atoms with Crippen molar-refractivity contribution in [3.05, 3.63) is 0 Å². The van der Waals surface area contributed by atoms with Gasteiger partial charge in [-0.15, -0.1) is 0 Å². The van der Waals surface area contributed by atoms with Gasteiger partial charge in [0.2, 0.25) is 0 Å². The van der Waals surface area contributed by atoms with E-state index in [0.29, 0.717) is 5.78 Å². The number of hydrogen-bond donors (Lipinski definition) is 0. The van der Waals surface area contributed by atoms with Gasteiger partial charge in [0, 0.05) is 28.9 Å². The van der Waals surface area contributed by atoms with E-state index in [1.807, 2.05) is 0 Å². The summed E-state index contributed by atoms with van der Waals surface area (Å²) in [6, 6.07) is 0. The minimum absolute atomic E-state index is 0. The number of ketones is 1. The van der Waals surface area contributed by atoms with Gasteiger partial charge in [-0.05, 0) is 25.7 Å². The van der Waals surface area contributed by atoms with Gasteiger partial charge in [-0.3, -0.25) is 4.79 Å². The fraction of sp³-hybridized carbons (Fsp3) is 0.933. The molecule has 1 nitrogen and oxygen atoms in total. The molecule has 0 saturated heterocycles. The summed E-state index contributed by atoms with van der Waals surface area (Å²) in [7, 11) is 0. The van der Waals surface area contributed by atoms with Crippen molar-refractivity contribution >= 4 is 5.78 Å². The average Bonchev–Trinajstić information content (AvgIpc) is 2.26. The van der Waals surface area contributed by atoms with E-state index in [4.69, 9.17) is 0 Å². The number of carbonyl (C=O) groups excluding carboxylic acids is 1. The third-order valence-corrected chi connectivity index (χ3v) is 3.53. The van der Waals surface area contributed by atoms with Gasteiger partial charge in [-0.1, -0.05) is 53.4 Å². The Labute approximate surface area is 119 Å². The Morgan fingerprint density at radius 2 is 1.24 bits per heavy atom. The molecule has 0 bridgehead atoms. The van der Waals surface area contributed by atoms with Crippen LogP contribution in [0.2, 0.25) is 0 Å². The van der Waals surface area contributed by atoms with Crippen molar-refractivity contribution in [1.29, 1.82) is 0 Å². The molecule has 0 aromatic carbocycles. The van der Waals surface area contributed by atoms with E-state index >= 15 is 0 Å². The maximum Gasteiger partial charge on any atom is 0.139 e. The molecule has 0 fully saturated rings. The number of hydrogen-bond acceptors (Lipinski definition) is 1. The van der Waals surface area contributed by atoms with Crippen LogP contribution in [-0.4, -0.2) is 5.78 Å². The van der Waals surface area contributed by atoms with Gasteiger partial charge in [0.15, 0.2) is 0 Å².